The van der Waals surface area contributed by atoms with Crippen LogP contribution >= 0.6 is 0 Å². The first-order valence-corrected chi connectivity index (χ1v) is 10.8. The van der Waals surface area contributed by atoms with E-state index in [4.69, 9.17) is 5.73 Å². The molecule has 0 spiro atoms. The SMILES string of the molecule is Cc1ccc(NC(=O)c2cccc(C(C)(C)C#N)c2)cc1NC(=O)c1nccnc1NCCN. The highest BCUT2D eigenvalue weighted by molar-refractivity contribution is 6.07. The maximum absolute atomic E-state index is 12.9. The van der Waals surface area contributed by atoms with Crippen LogP contribution in [-0.2, 0) is 5.41 Å². The third-order valence-corrected chi connectivity index (χ3v) is 5.22. The number of hydrogen-bond acceptors (Lipinski definition) is 7. The lowest BCUT2D eigenvalue weighted by molar-refractivity contribution is 0.101. The van der Waals surface area contributed by atoms with E-state index < -0.39 is 11.3 Å². The molecule has 174 valence electrons. The first-order chi connectivity index (χ1) is 16.2. The molecule has 0 aliphatic carbocycles. The molecule has 1 heterocycles. The van der Waals surface area contributed by atoms with E-state index in [1.54, 1.807) is 50.2 Å². The highest BCUT2D eigenvalue weighted by Crippen LogP contribution is 2.25. The Bertz CT molecular complexity index is 1250. The van der Waals surface area contributed by atoms with Gasteiger partial charge in [0, 0.05) is 42.4 Å². The molecule has 0 aliphatic rings. The van der Waals surface area contributed by atoms with Crippen molar-refractivity contribution in [3.8, 4) is 6.07 Å². The van der Waals surface area contributed by atoms with E-state index >= 15 is 0 Å². The lowest BCUT2D eigenvalue weighted by Gasteiger charge is -2.17. The molecular formula is C25H27N7O2. The molecule has 3 rings (SSSR count). The van der Waals surface area contributed by atoms with E-state index in [2.05, 4.69) is 32.0 Å². The predicted octanol–water partition coefficient (Wildman–Crippen LogP) is 3.46. The Hall–Kier alpha value is -4.29. The monoisotopic (exact) mass is 457 g/mol. The van der Waals surface area contributed by atoms with Crippen LogP contribution in [0, 0.1) is 18.3 Å². The van der Waals surface area contributed by atoms with Crippen molar-refractivity contribution < 1.29 is 9.59 Å². The number of carbonyl (C=O) groups excluding carboxylic acids is 2. The second kappa shape index (κ2) is 10.6. The van der Waals surface area contributed by atoms with Gasteiger partial charge in [0.15, 0.2) is 11.5 Å². The number of aromatic nitrogens is 2. The number of nitrogens with two attached hydrogens (primary N) is 1. The van der Waals surface area contributed by atoms with Crippen molar-refractivity contribution in [2.45, 2.75) is 26.2 Å². The lowest BCUT2D eigenvalue weighted by Crippen LogP contribution is -2.21. The quantitative estimate of drug-likeness (QED) is 0.405. The summed E-state index contributed by atoms with van der Waals surface area (Å²) in [5.74, 6) is -0.419. The average Bonchev–Trinajstić information content (AvgIpc) is 2.85. The van der Waals surface area contributed by atoms with Gasteiger partial charge in [0.1, 0.15) is 0 Å². The third-order valence-electron chi connectivity index (χ3n) is 5.22. The molecule has 2 amide bonds. The maximum Gasteiger partial charge on any atom is 0.278 e. The molecule has 9 heteroatoms. The summed E-state index contributed by atoms with van der Waals surface area (Å²) < 4.78 is 0. The zero-order valence-corrected chi connectivity index (χ0v) is 19.3. The second-order valence-corrected chi connectivity index (χ2v) is 8.22. The zero-order chi connectivity index (χ0) is 24.7. The molecule has 9 nitrogen and oxygen atoms in total. The predicted molar refractivity (Wildman–Crippen MR) is 132 cm³/mol. The summed E-state index contributed by atoms with van der Waals surface area (Å²) in [5.41, 5.74) is 7.98. The van der Waals surface area contributed by atoms with E-state index in [1.165, 1.54) is 12.4 Å². The Morgan fingerprint density at radius 3 is 2.56 bits per heavy atom. The number of aryl methyl sites for hydroxylation is 1. The van der Waals surface area contributed by atoms with Crippen LogP contribution in [0.15, 0.2) is 54.9 Å². The molecule has 0 unspecified atom stereocenters. The van der Waals surface area contributed by atoms with Crippen LogP contribution in [0.5, 0.6) is 0 Å². The van der Waals surface area contributed by atoms with Gasteiger partial charge in [-0.05, 0) is 56.2 Å². The van der Waals surface area contributed by atoms with Crippen LogP contribution in [0.25, 0.3) is 0 Å². The van der Waals surface area contributed by atoms with Gasteiger partial charge < -0.3 is 21.7 Å². The largest absolute Gasteiger partial charge is 0.367 e. The Balaban J connectivity index is 1.79. The molecule has 0 radical (unpaired) electrons. The van der Waals surface area contributed by atoms with Gasteiger partial charge in [0.2, 0.25) is 0 Å². The molecule has 0 saturated heterocycles. The third kappa shape index (κ3) is 5.74. The summed E-state index contributed by atoms with van der Waals surface area (Å²) in [5, 5.41) is 18.0. The van der Waals surface area contributed by atoms with Crippen molar-refractivity contribution in [3.05, 3.63) is 77.2 Å². The number of nitrogens with one attached hydrogen (secondary N) is 3. The van der Waals surface area contributed by atoms with Gasteiger partial charge >= 0.3 is 0 Å². The van der Waals surface area contributed by atoms with E-state index in [0.29, 0.717) is 35.8 Å². The van der Waals surface area contributed by atoms with Crippen LogP contribution in [0.3, 0.4) is 0 Å². The van der Waals surface area contributed by atoms with E-state index in [0.717, 1.165) is 11.1 Å². The summed E-state index contributed by atoms with van der Waals surface area (Å²) in [6.07, 6.45) is 2.93. The van der Waals surface area contributed by atoms with Crippen molar-refractivity contribution in [2.75, 3.05) is 29.0 Å². The first kappa shape index (κ1) is 24.4. The van der Waals surface area contributed by atoms with E-state index in [9.17, 15) is 14.9 Å². The summed E-state index contributed by atoms with van der Waals surface area (Å²) >= 11 is 0. The van der Waals surface area contributed by atoms with E-state index in [-0.39, 0.29) is 11.6 Å². The van der Waals surface area contributed by atoms with Gasteiger partial charge in [-0.15, -0.1) is 0 Å². The number of hydrogen-bond donors (Lipinski definition) is 4. The van der Waals surface area contributed by atoms with Crippen LogP contribution < -0.4 is 21.7 Å². The van der Waals surface area contributed by atoms with Crippen molar-refractivity contribution in [2.24, 2.45) is 5.73 Å². The maximum atomic E-state index is 12.9. The molecule has 3 aromatic rings. The minimum Gasteiger partial charge on any atom is -0.367 e. The normalized spacial score (nSPS) is 10.8. The molecule has 0 saturated carbocycles. The fourth-order valence-corrected chi connectivity index (χ4v) is 3.16. The second-order valence-electron chi connectivity index (χ2n) is 8.22. The summed E-state index contributed by atoms with van der Waals surface area (Å²) in [6, 6.07) is 14.4. The zero-order valence-electron chi connectivity index (χ0n) is 19.3. The molecule has 0 bridgehead atoms. The Labute approximate surface area is 198 Å². The fraction of sp³-hybridized carbons (Fsp3) is 0.240. The number of anilines is 3. The van der Waals surface area contributed by atoms with Gasteiger partial charge in [-0.2, -0.15) is 5.26 Å². The topological polar surface area (TPSA) is 146 Å². The number of carbonyl (C=O) groups is 2. The smallest absolute Gasteiger partial charge is 0.278 e. The number of amides is 2. The Kier molecular flexibility index (Phi) is 7.56. The average molecular weight is 458 g/mol. The fourth-order valence-electron chi connectivity index (χ4n) is 3.16. The Morgan fingerprint density at radius 2 is 1.82 bits per heavy atom. The van der Waals surface area contributed by atoms with Gasteiger partial charge in [0.05, 0.1) is 11.5 Å². The molecular weight excluding hydrogens is 430 g/mol. The van der Waals surface area contributed by atoms with Crippen LogP contribution in [0.1, 0.15) is 45.8 Å². The number of nitriles is 1. The van der Waals surface area contributed by atoms with Gasteiger partial charge in [0.25, 0.3) is 11.8 Å². The van der Waals surface area contributed by atoms with Gasteiger partial charge in [-0.3, -0.25) is 9.59 Å². The minimum atomic E-state index is -0.713. The first-order valence-electron chi connectivity index (χ1n) is 10.8. The summed E-state index contributed by atoms with van der Waals surface area (Å²) in [7, 11) is 0. The number of benzene rings is 2. The number of nitrogens with zero attached hydrogens (tertiary/aromatic N) is 3. The molecule has 2 aromatic carbocycles. The number of rotatable bonds is 8. The molecule has 34 heavy (non-hydrogen) atoms. The van der Waals surface area contributed by atoms with Gasteiger partial charge in [-0.1, -0.05) is 18.2 Å². The van der Waals surface area contributed by atoms with Crippen molar-refractivity contribution >= 4 is 29.0 Å². The van der Waals surface area contributed by atoms with Crippen LogP contribution in [-0.4, -0.2) is 34.9 Å². The highest BCUT2D eigenvalue weighted by atomic mass is 16.2. The Morgan fingerprint density at radius 1 is 1.06 bits per heavy atom. The van der Waals surface area contributed by atoms with Crippen molar-refractivity contribution in [3.63, 3.8) is 0 Å². The van der Waals surface area contributed by atoms with Gasteiger partial charge in [-0.25, -0.2) is 9.97 Å². The van der Waals surface area contributed by atoms with E-state index in [1.807, 2.05) is 13.0 Å². The highest BCUT2D eigenvalue weighted by Gasteiger charge is 2.21. The molecule has 0 fully saturated rings. The standard InChI is InChI=1S/C25H27N7O2/c1-16-7-8-19(31-23(33)17-5-4-6-18(13-17)25(2,3)15-27)14-20(16)32-24(34)21-22(29-10-9-26)30-12-11-28-21/h4-8,11-14H,9-10,26H2,1-3H3,(H,29,30)(H,31,33)(H,32,34). The molecule has 5 N–H and O–H groups in total. The van der Waals surface area contributed by atoms with Crippen LogP contribution in [0.4, 0.5) is 17.2 Å². The minimum absolute atomic E-state index is 0.140. The molecule has 0 aliphatic heterocycles. The molecule has 1 aromatic heterocycles. The lowest BCUT2D eigenvalue weighted by atomic mass is 9.85. The summed E-state index contributed by atoms with van der Waals surface area (Å²) in [4.78, 5) is 34.0. The summed E-state index contributed by atoms with van der Waals surface area (Å²) in [6.45, 7) is 6.28. The van der Waals surface area contributed by atoms with Crippen LogP contribution in [0.2, 0.25) is 0 Å². The van der Waals surface area contributed by atoms with Crippen molar-refractivity contribution in [1.82, 2.24) is 9.97 Å². The molecule has 0 atom stereocenters. The van der Waals surface area contributed by atoms with Crippen molar-refractivity contribution in [1.29, 1.82) is 5.26 Å².